The summed E-state index contributed by atoms with van der Waals surface area (Å²) in [5.74, 6) is -0.331. The number of amides is 2. The van der Waals surface area contributed by atoms with Crippen LogP contribution < -0.4 is 9.62 Å². The van der Waals surface area contributed by atoms with E-state index in [2.05, 4.69) is 5.32 Å². The Balaban J connectivity index is 2.21. The molecule has 36 heavy (non-hydrogen) atoms. The number of nitrogens with zero attached hydrogens (tertiary/aromatic N) is 2. The van der Waals surface area contributed by atoms with Crippen LogP contribution in [0.2, 0.25) is 0 Å². The summed E-state index contributed by atoms with van der Waals surface area (Å²) in [5, 5.41) is 3.01. The molecule has 0 heterocycles. The fourth-order valence-corrected chi connectivity index (χ4v) is 4.98. The van der Waals surface area contributed by atoms with Gasteiger partial charge >= 0.3 is 0 Å². The topological polar surface area (TPSA) is 86.8 Å². The van der Waals surface area contributed by atoms with Crippen molar-refractivity contribution >= 4 is 27.5 Å². The molecule has 8 heteroatoms. The number of nitrogens with one attached hydrogen (secondary N) is 1. The van der Waals surface area contributed by atoms with Crippen LogP contribution in [0, 0.1) is 13.8 Å². The summed E-state index contributed by atoms with van der Waals surface area (Å²) in [6.45, 7) is 10.3. The molecule has 0 aliphatic rings. The Morgan fingerprint density at radius 1 is 0.972 bits per heavy atom. The zero-order chi connectivity index (χ0) is 26.9. The van der Waals surface area contributed by atoms with E-state index in [1.165, 1.54) is 10.6 Å². The largest absolute Gasteiger partial charge is 0.352 e. The molecule has 0 saturated heterocycles. The summed E-state index contributed by atoms with van der Waals surface area (Å²) in [6, 6.07) is 14.6. The van der Waals surface area contributed by atoms with Gasteiger partial charge < -0.3 is 10.2 Å². The van der Waals surface area contributed by atoms with Gasteiger partial charge in [0.2, 0.25) is 21.8 Å². The maximum absolute atomic E-state index is 13.5. The number of rotatable bonds is 13. The lowest BCUT2D eigenvalue weighted by molar-refractivity contribution is -0.141. The molecule has 0 unspecified atom stereocenters. The van der Waals surface area contributed by atoms with Gasteiger partial charge in [0.15, 0.2) is 0 Å². The molecule has 2 aromatic rings. The number of aryl methyl sites for hydroxylation is 2. The van der Waals surface area contributed by atoms with Crippen molar-refractivity contribution in [3.8, 4) is 0 Å². The van der Waals surface area contributed by atoms with Crippen molar-refractivity contribution in [2.75, 3.05) is 17.1 Å². The van der Waals surface area contributed by atoms with E-state index in [0.29, 0.717) is 25.1 Å². The lowest BCUT2D eigenvalue weighted by Crippen LogP contribution is -2.50. The van der Waals surface area contributed by atoms with Crippen LogP contribution in [-0.4, -0.2) is 50.0 Å². The molecule has 2 amide bonds. The molecule has 1 N–H and O–H groups in total. The minimum atomic E-state index is -3.52. The van der Waals surface area contributed by atoms with E-state index in [4.69, 9.17) is 0 Å². The Hall–Kier alpha value is -2.87. The van der Waals surface area contributed by atoms with Crippen molar-refractivity contribution in [3.05, 3.63) is 65.2 Å². The van der Waals surface area contributed by atoms with Crippen molar-refractivity contribution in [3.63, 3.8) is 0 Å². The first-order chi connectivity index (χ1) is 17.0. The summed E-state index contributed by atoms with van der Waals surface area (Å²) < 4.78 is 26.4. The third-order valence-corrected chi connectivity index (χ3v) is 7.71. The average molecular weight is 516 g/mol. The Labute approximate surface area is 216 Å². The molecular formula is C28H41N3O4S. The van der Waals surface area contributed by atoms with Crippen molar-refractivity contribution < 1.29 is 18.0 Å². The van der Waals surface area contributed by atoms with Gasteiger partial charge in [-0.3, -0.25) is 13.9 Å². The molecule has 0 aliphatic carbocycles. The molecular weight excluding hydrogens is 474 g/mol. The Morgan fingerprint density at radius 3 is 2.19 bits per heavy atom. The van der Waals surface area contributed by atoms with Crippen LogP contribution in [0.15, 0.2) is 48.5 Å². The van der Waals surface area contributed by atoms with Gasteiger partial charge in [-0.15, -0.1) is 0 Å². The van der Waals surface area contributed by atoms with Crippen LogP contribution >= 0.6 is 0 Å². The van der Waals surface area contributed by atoms with Crippen LogP contribution in [0.3, 0.4) is 0 Å². The van der Waals surface area contributed by atoms with Gasteiger partial charge in [0.1, 0.15) is 6.04 Å². The molecule has 198 valence electrons. The predicted molar refractivity (Wildman–Crippen MR) is 146 cm³/mol. The van der Waals surface area contributed by atoms with E-state index < -0.39 is 16.1 Å². The Kier molecular flexibility index (Phi) is 11.0. The summed E-state index contributed by atoms with van der Waals surface area (Å²) in [4.78, 5) is 28.1. The number of hydrogen-bond acceptors (Lipinski definition) is 4. The summed E-state index contributed by atoms with van der Waals surface area (Å²) in [7, 11) is -3.52. The van der Waals surface area contributed by atoms with E-state index in [-0.39, 0.29) is 30.8 Å². The van der Waals surface area contributed by atoms with Gasteiger partial charge in [0, 0.05) is 25.6 Å². The molecule has 0 radical (unpaired) electrons. The number of carbonyl (C=O) groups is 2. The van der Waals surface area contributed by atoms with E-state index >= 15 is 0 Å². The molecule has 0 fully saturated rings. The third kappa shape index (κ3) is 8.36. The van der Waals surface area contributed by atoms with Crippen LogP contribution in [0.1, 0.15) is 63.1 Å². The molecule has 0 bridgehead atoms. The van der Waals surface area contributed by atoms with Gasteiger partial charge in [-0.05, 0) is 68.9 Å². The number of sulfonamides is 1. The highest BCUT2D eigenvalue weighted by Crippen LogP contribution is 2.22. The quantitative estimate of drug-likeness (QED) is 0.423. The minimum absolute atomic E-state index is 0.0153. The van der Waals surface area contributed by atoms with Crippen molar-refractivity contribution in [2.45, 2.75) is 78.9 Å². The Bertz CT molecular complexity index is 1120. The molecule has 2 aromatic carbocycles. The van der Waals surface area contributed by atoms with Crippen LogP contribution in [0.5, 0.6) is 0 Å². The molecule has 2 rings (SSSR count). The smallest absolute Gasteiger partial charge is 0.243 e. The van der Waals surface area contributed by atoms with E-state index in [1.54, 1.807) is 11.0 Å². The lowest BCUT2D eigenvalue weighted by Gasteiger charge is -2.32. The van der Waals surface area contributed by atoms with Gasteiger partial charge in [-0.1, -0.05) is 50.2 Å². The fourth-order valence-electron chi connectivity index (χ4n) is 4.03. The lowest BCUT2D eigenvalue weighted by atomic mass is 10.1. The predicted octanol–water partition coefficient (Wildman–Crippen LogP) is 4.57. The summed E-state index contributed by atoms with van der Waals surface area (Å²) in [6.07, 6.45) is 2.94. The summed E-state index contributed by atoms with van der Waals surface area (Å²) in [5.41, 5.74) is 3.62. The zero-order valence-corrected chi connectivity index (χ0v) is 23.3. The number of carbonyl (C=O) groups excluding carboxylic acids is 2. The van der Waals surface area contributed by atoms with Crippen LogP contribution in [0.25, 0.3) is 0 Å². The first-order valence-electron chi connectivity index (χ1n) is 12.7. The molecule has 2 atom stereocenters. The number of hydrogen-bond donors (Lipinski definition) is 1. The van der Waals surface area contributed by atoms with E-state index in [1.807, 2.05) is 77.1 Å². The molecule has 0 aromatic heterocycles. The van der Waals surface area contributed by atoms with Gasteiger partial charge in [-0.2, -0.15) is 0 Å². The van der Waals surface area contributed by atoms with Crippen LogP contribution in [0.4, 0.5) is 5.69 Å². The first-order valence-corrected chi connectivity index (χ1v) is 14.5. The second kappa shape index (κ2) is 13.4. The van der Waals surface area contributed by atoms with Crippen molar-refractivity contribution in [1.29, 1.82) is 0 Å². The van der Waals surface area contributed by atoms with Gasteiger partial charge in [0.25, 0.3) is 0 Å². The minimum Gasteiger partial charge on any atom is -0.352 e. The molecule has 7 nitrogen and oxygen atoms in total. The SMILES string of the molecule is CC[C@@H](C)NC(=O)[C@H](CC)N(Cc1ccccc1)C(=O)CCCN(c1ccc(C)c(C)c1)S(C)(=O)=O. The maximum atomic E-state index is 13.5. The highest BCUT2D eigenvalue weighted by Gasteiger charge is 2.29. The zero-order valence-electron chi connectivity index (χ0n) is 22.5. The third-order valence-electron chi connectivity index (χ3n) is 6.51. The van der Waals surface area contributed by atoms with Gasteiger partial charge in [0.05, 0.1) is 11.9 Å². The number of anilines is 1. The number of benzene rings is 2. The fraction of sp³-hybridized carbons (Fsp3) is 0.500. The first kappa shape index (κ1) is 29.4. The monoisotopic (exact) mass is 515 g/mol. The second-order valence-electron chi connectivity index (χ2n) is 9.46. The standard InChI is InChI=1S/C28H41N3O4S/c1-7-23(5)29-28(33)26(8-2)30(20-24-13-10-9-11-14-24)27(32)15-12-18-31(36(6,34)35)25-17-16-21(3)22(4)19-25/h9-11,13-14,16-17,19,23,26H,7-8,12,15,18,20H2,1-6H3,(H,29,33)/t23-,26+/m1/s1. The molecule has 0 saturated carbocycles. The Morgan fingerprint density at radius 2 is 1.64 bits per heavy atom. The second-order valence-corrected chi connectivity index (χ2v) is 11.4. The molecule has 0 spiro atoms. The van der Waals surface area contributed by atoms with E-state index in [0.717, 1.165) is 23.1 Å². The van der Waals surface area contributed by atoms with E-state index in [9.17, 15) is 18.0 Å². The normalized spacial score (nSPS) is 13.1. The maximum Gasteiger partial charge on any atom is 0.243 e. The van der Waals surface area contributed by atoms with Crippen LogP contribution in [-0.2, 0) is 26.2 Å². The highest BCUT2D eigenvalue weighted by atomic mass is 32.2. The van der Waals surface area contributed by atoms with Crippen molar-refractivity contribution in [2.24, 2.45) is 0 Å². The average Bonchev–Trinajstić information content (AvgIpc) is 2.83. The van der Waals surface area contributed by atoms with Gasteiger partial charge in [-0.25, -0.2) is 8.42 Å². The van der Waals surface area contributed by atoms with Crippen molar-refractivity contribution in [1.82, 2.24) is 10.2 Å². The highest BCUT2D eigenvalue weighted by molar-refractivity contribution is 7.92. The molecule has 0 aliphatic heterocycles. The summed E-state index contributed by atoms with van der Waals surface area (Å²) >= 11 is 0.